The van der Waals surface area contributed by atoms with E-state index in [4.69, 9.17) is 0 Å². The lowest BCUT2D eigenvalue weighted by molar-refractivity contribution is -0.384. The molecule has 1 aliphatic rings. The zero-order valence-electron chi connectivity index (χ0n) is 13.7. The second-order valence-corrected chi connectivity index (χ2v) is 6.88. The summed E-state index contributed by atoms with van der Waals surface area (Å²) in [6, 6.07) is 4.81. The molecule has 2 rings (SSSR count). The van der Waals surface area contributed by atoms with Crippen LogP contribution in [0.3, 0.4) is 0 Å². The Morgan fingerprint density at radius 3 is 2.42 bits per heavy atom. The van der Waals surface area contributed by atoms with E-state index < -0.39 is 17.1 Å². The summed E-state index contributed by atoms with van der Waals surface area (Å²) in [7, 11) is 0. The van der Waals surface area contributed by atoms with Gasteiger partial charge in [0.05, 0.1) is 17.6 Å². The van der Waals surface area contributed by atoms with Gasteiger partial charge in [-0.15, -0.1) is 0 Å². The van der Waals surface area contributed by atoms with E-state index in [-0.39, 0.29) is 23.5 Å². The van der Waals surface area contributed by atoms with Crippen LogP contribution in [0.1, 0.15) is 38.4 Å². The van der Waals surface area contributed by atoms with Gasteiger partial charge in [-0.1, -0.05) is 13.8 Å². The lowest BCUT2D eigenvalue weighted by Gasteiger charge is -2.32. The zero-order chi connectivity index (χ0) is 17.9. The van der Waals surface area contributed by atoms with E-state index in [1.54, 1.807) is 0 Å². The zero-order valence-corrected chi connectivity index (χ0v) is 13.7. The van der Waals surface area contributed by atoms with Crippen molar-refractivity contribution in [2.45, 2.75) is 38.8 Å². The summed E-state index contributed by atoms with van der Waals surface area (Å²) in [6.45, 7) is 3.63. The number of hydrogen-bond donors (Lipinski definition) is 3. The Balaban J connectivity index is 2.13. The first-order valence-corrected chi connectivity index (χ1v) is 7.75. The first kappa shape index (κ1) is 18.1. The molecule has 0 saturated carbocycles. The van der Waals surface area contributed by atoms with Crippen LogP contribution in [0.4, 0.5) is 5.69 Å². The molecule has 0 saturated heterocycles. The molecule has 1 aromatic carbocycles. The molecule has 0 aliphatic heterocycles. The minimum absolute atomic E-state index is 0.00951. The first-order valence-electron chi connectivity index (χ1n) is 7.75. The van der Waals surface area contributed by atoms with Gasteiger partial charge in [-0.2, -0.15) is 0 Å². The van der Waals surface area contributed by atoms with Gasteiger partial charge in [-0.25, -0.2) is 0 Å². The van der Waals surface area contributed by atoms with E-state index in [2.05, 4.69) is 5.32 Å². The summed E-state index contributed by atoms with van der Waals surface area (Å²) in [6.07, 6.45) is 1.56. The number of allylic oxidation sites excluding steroid dienone is 2. The molecule has 0 fully saturated rings. The molecule has 130 valence electrons. The molecule has 1 aliphatic carbocycles. The van der Waals surface area contributed by atoms with Crippen LogP contribution in [0.2, 0.25) is 0 Å². The van der Waals surface area contributed by atoms with E-state index >= 15 is 0 Å². The minimum atomic E-state index is -1.06. The monoisotopic (exact) mass is 334 g/mol. The maximum atomic E-state index is 11.8. The van der Waals surface area contributed by atoms with Crippen molar-refractivity contribution in [1.82, 2.24) is 5.32 Å². The summed E-state index contributed by atoms with van der Waals surface area (Å²) in [4.78, 5) is 22.0. The van der Waals surface area contributed by atoms with Crippen molar-refractivity contribution in [3.8, 4) is 0 Å². The van der Waals surface area contributed by atoms with Crippen molar-refractivity contribution in [2.75, 3.05) is 6.61 Å². The van der Waals surface area contributed by atoms with Gasteiger partial charge in [0.15, 0.2) is 5.78 Å². The minimum Gasteiger partial charge on any atom is -0.394 e. The maximum Gasteiger partial charge on any atom is 0.269 e. The standard InChI is InChI=1S/C17H22N2O5/c1-17(2)8-12(7-14(21)9-17)18-15(10-20)16(22)11-3-5-13(6-4-11)19(23)24/h3-7,15-16,18,20,22H,8-10H2,1-2H3/t15-,16+/m0/s1. The molecule has 7 nitrogen and oxygen atoms in total. The predicted molar refractivity (Wildman–Crippen MR) is 88.2 cm³/mol. The van der Waals surface area contributed by atoms with Crippen LogP contribution in [0.5, 0.6) is 0 Å². The molecule has 0 aromatic heterocycles. The van der Waals surface area contributed by atoms with Crippen molar-refractivity contribution >= 4 is 11.5 Å². The van der Waals surface area contributed by atoms with Crippen molar-refractivity contribution in [2.24, 2.45) is 5.41 Å². The normalized spacial score (nSPS) is 19.3. The number of non-ortho nitro benzene ring substituents is 1. The Morgan fingerprint density at radius 1 is 1.29 bits per heavy atom. The predicted octanol–water partition coefficient (Wildman–Crippen LogP) is 1.85. The molecule has 24 heavy (non-hydrogen) atoms. The maximum absolute atomic E-state index is 11.8. The fraction of sp³-hybridized carbons (Fsp3) is 0.471. The molecule has 0 radical (unpaired) electrons. The number of carbonyl (C=O) groups is 1. The number of nitro benzene ring substituents is 1. The third-order valence-electron chi connectivity index (χ3n) is 4.05. The van der Waals surface area contributed by atoms with Gasteiger partial charge in [-0.05, 0) is 29.5 Å². The molecule has 0 spiro atoms. The van der Waals surface area contributed by atoms with Crippen LogP contribution in [0.15, 0.2) is 36.0 Å². The van der Waals surface area contributed by atoms with Crippen LogP contribution in [-0.2, 0) is 4.79 Å². The van der Waals surface area contributed by atoms with E-state index in [0.717, 1.165) is 0 Å². The summed E-state index contributed by atoms with van der Waals surface area (Å²) in [5.41, 5.74) is 0.888. The Bertz CT molecular complexity index is 651. The summed E-state index contributed by atoms with van der Waals surface area (Å²) in [5, 5.41) is 33.7. The summed E-state index contributed by atoms with van der Waals surface area (Å²) in [5.74, 6) is 0.00951. The van der Waals surface area contributed by atoms with Crippen LogP contribution in [0, 0.1) is 15.5 Å². The number of hydrogen-bond acceptors (Lipinski definition) is 6. The SMILES string of the molecule is CC1(C)CC(=O)C=C(N[C@@H](CO)[C@H](O)c2ccc([N+](=O)[O-])cc2)C1. The quantitative estimate of drug-likeness (QED) is 0.540. The fourth-order valence-electron chi connectivity index (χ4n) is 2.93. The Labute approximate surface area is 140 Å². The number of carbonyl (C=O) groups excluding carboxylic acids is 1. The van der Waals surface area contributed by atoms with Crippen LogP contribution in [-0.4, -0.2) is 33.6 Å². The fourth-order valence-corrected chi connectivity index (χ4v) is 2.93. The second kappa shape index (κ2) is 7.11. The Morgan fingerprint density at radius 2 is 1.92 bits per heavy atom. The highest BCUT2D eigenvalue weighted by atomic mass is 16.6. The average Bonchev–Trinajstić information content (AvgIpc) is 2.50. The molecule has 0 heterocycles. The van der Waals surface area contributed by atoms with Gasteiger partial charge in [0, 0.05) is 30.3 Å². The van der Waals surface area contributed by atoms with Crippen LogP contribution >= 0.6 is 0 Å². The van der Waals surface area contributed by atoms with Crippen molar-refractivity contribution < 1.29 is 19.9 Å². The van der Waals surface area contributed by atoms with Gasteiger partial charge in [-0.3, -0.25) is 14.9 Å². The Hall–Kier alpha value is -2.25. The van der Waals surface area contributed by atoms with Gasteiger partial charge in [0.2, 0.25) is 0 Å². The molecule has 0 amide bonds. The molecule has 3 N–H and O–H groups in total. The third kappa shape index (κ3) is 4.39. The van der Waals surface area contributed by atoms with E-state index in [1.807, 2.05) is 13.8 Å². The number of ketones is 1. The van der Waals surface area contributed by atoms with Crippen LogP contribution in [0.25, 0.3) is 0 Å². The Kier molecular flexibility index (Phi) is 5.36. The highest BCUT2D eigenvalue weighted by molar-refractivity contribution is 5.91. The number of benzene rings is 1. The molecule has 2 atom stereocenters. The molecule has 1 aromatic rings. The largest absolute Gasteiger partial charge is 0.394 e. The number of rotatable bonds is 6. The lowest BCUT2D eigenvalue weighted by Crippen LogP contribution is -2.40. The van der Waals surface area contributed by atoms with Crippen LogP contribution < -0.4 is 5.32 Å². The van der Waals surface area contributed by atoms with Gasteiger partial charge in [0.1, 0.15) is 6.10 Å². The van der Waals surface area contributed by atoms with Crippen molar-refractivity contribution in [3.05, 3.63) is 51.7 Å². The van der Waals surface area contributed by atoms with Gasteiger partial charge in [0.25, 0.3) is 5.69 Å². The topological polar surface area (TPSA) is 113 Å². The second-order valence-electron chi connectivity index (χ2n) is 6.88. The highest BCUT2D eigenvalue weighted by Crippen LogP contribution is 2.33. The van der Waals surface area contributed by atoms with E-state index in [9.17, 15) is 25.1 Å². The number of nitrogens with zero attached hydrogens (tertiary/aromatic N) is 1. The number of nitro groups is 1. The summed E-state index contributed by atoms with van der Waals surface area (Å²) >= 11 is 0. The average molecular weight is 334 g/mol. The van der Waals surface area contributed by atoms with Crippen molar-refractivity contribution in [3.63, 3.8) is 0 Å². The lowest BCUT2D eigenvalue weighted by atomic mass is 9.78. The third-order valence-corrected chi connectivity index (χ3v) is 4.05. The molecule has 0 unspecified atom stereocenters. The number of aliphatic hydroxyl groups excluding tert-OH is 2. The molecular formula is C17H22N2O5. The number of aliphatic hydroxyl groups is 2. The van der Waals surface area contributed by atoms with Gasteiger partial charge >= 0.3 is 0 Å². The molecule has 0 bridgehead atoms. The number of nitrogens with one attached hydrogen (secondary N) is 1. The smallest absolute Gasteiger partial charge is 0.269 e. The highest BCUT2D eigenvalue weighted by Gasteiger charge is 2.30. The molecule has 7 heteroatoms. The van der Waals surface area contributed by atoms with E-state index in [1.165, 1.54) is 30.3 Å². The molecular weight excluding hydrogens is 312 g/mol. The van der Waals surface area contributed by atoms with Crippen molar-refractivity contribution in [1.29, 1.82) is 0 Å². The first-order chi connectivity index (χ1) is 11.2. The van der Waals surface area contributed by atoms with E-state index in [0.29, 0.717) is 24.1 Å². The summed E-state index contributed by atoms with van der Waals surface area (Å²) < 4.78 is 0. The van der Waals surface area contributed by atoms with Gasteiger partial charge < -0.3 is 15.5 Å².